The van der Waals surface area contributed by atoms with Crippen LogP contribution in [-0.2, 0) is 32.3 Å². The number of hydrogen-bond donors (Lipinski definition) is 1. The maximum Gasteiger partial charge on any atom is 0.417 e. The van der Waals surface area contributed by atoms with E-state index in [0.717, 1.165) is 42.3 Å². The Hall–Kier alpha value is -3.09. The van der Waals surface area contributed by atoms with E-state index >= 15 is 0 Å². The lowest BCUT2D eigenvalue weighted by molar-refractivity contribution is -0.139. The van der Waals surface area contributed by atoms with Crippen LogP contribution < -0.4 is 9.62 Å². The molecule has 4 rings (SSSR count). The summed E-state index contributed by atoms with van der Waals surface area (Å²) in [5.41, 5.74) is -0.982. The van der Waals surface area contributed by atoms with Gasteiger partial charge in [0.25, 0.3) is 10.0 Å². The van der Waals surface area contributed by atoms with Crippen LogP contribution in [0.1, 0.15) is 43.7 Å². The van der Waals surface area contributed by atoms with Crippen LogP contribution in [-0.4, -0.2) is 43.8 Å². The highest BCUT2D eigenvalue weighted by Crippen LogP contribution is 2.38. The molecule has 0 aromatic heterocycles. The molecular weight excluding hydrogens is 671 g/mol. The van der Waals surface area contributed by atoms with Crippen molar-refractivity contribution in [3.8, 4) is 0 Å². The normalized spacial score (nSPS) is 14.7. The minimum absolute atomic E-state index is 0.0237. The lowest BCUT2D eigenvalue weighted by atomic mass is 10.1. The summed E-state index contributed by atoms with van der Waals surface area (Å²) in [6.07, 6.45) is -1.28. The van der Waals surface area contributed by atoms with Crippen molar-refractivity contribution in [3.63, 3.8) is 0 Å². The van der Waals surface area contributed by atoms with Crippen molar-refractivity contribution in [2.24, 2.45) is 0 Å². The summed E-state index contributed by atoms with van der Waals surface area (Å²) in [6.45, 7) is 0.633. The Labute approximate surface area is 262 Å². The first kappa shape index (κ1) is 32.8. The largest absolute Gasteiger partial charge is 0.417 e. The van der Waals surface area contributed by atoms with Gasteiger partial charge in [-0.1, -0.05) is 70.7 Å². The van der Waals surface area contributed by atoms with E-state index in [-0.39, 0.29) is 17.5 Å². The minimum Gasteiger partial charge on any atom is -0.352 e. The number of sulfonamides is 1. The van der Waals surface area contributed by atoms with Crippen molar-refractivity contribution in [1.82, 2.24) is 10.2 Å². The van der Waals surface area contributed by atoms with Crippen LogP contribution in [0.2, 0.25) is 5.02 Å². The molecule has 13 heteroatoms. The summed E-state index contributed by atoms with van der Waals surface area (Å²) in [6, 6.07) is 15.7. The van der Waals surface area contributed by atoms with Crippen molar-refractivity contribution < 1.29 is 31.2 Å². The van der Waals surface area contributed by atoms with Gasteiger partial charge in [-0.05, 0) is 67.8 Å². The van der Waals surface area contributed by atoms with E-state index in [9.17, 15) is 31.2 Å². The predicted octanol–water partition coefficient (Wildman–Crippen LogP) is 6.79. The molecule has 2 amide bonds. The maximum atomic E-state index is 14.0. The number of carbonyl (C=O) groups is 2. The van der Waals surface area contributed by atoms with Crippen LogP contribution in [0.5, 0.6) is 0 Å². The van der Waals surface area contributed by atoms with E-state index in [1.807, 2.05) is 0 Å². The number of rotatable bonds is 10. The standard InChI is InChI=1S/C30H30BrClF3N3O4S/c1-20(29(40)36-23-7-5-6-8-23)37(18-21-11-13-22(31)14-12-21)28(39)19-38(43(41,42)25-9-3-2-4-10-25)24-15-16-27(32)26(17-24)30(33,34)35/h2-4,9-17,20,23H,5-8,18-19H2,1H3,(H,36,40)/t20-/m0/s1. The molecule has 0 radical (unpaired) electrons. The van der Waals surface area contributed by atoms with Gasteiger partial charge >= 0.3 is 6.18 Å². The van der Waals surface area contributed by atoms with Crippen molar-refractivity contribution in [2.75, 3.05) is 10.8 Å². The molecule has 0 aliphatic heterocycles. The Morgan fingerprint density at radius 1 is 1.02 bits per heavy atom. The Morgan fingerprint density at radius 3 is 2.26 bits per heavy atom. The minimum atomic E-state index is -4.88. The quantitative estimate of drug-likeness (QED) is 0.252. The van der Waals surface area contributed by atoms with E-state index in [1.54, 1.807) is 37.3 Å². The van der Waals surface area contributed by atoms with Crippen LogP contribution in [0.15, 0.2) is 82.2 Å². The number of alkyl halides is 3. The zero-order valence-corrected chi connectivity index (χ0v) is 26.3. The number of nitrogens with zero attached hydrogens (tertiary/aromatic N) is 2. The third-order valence-electron chi connectivity index (χ3n) is 7.29. The van der Waals surface area contributed by atoms with Gasteiger partial charge in [0.05, 0.1) is 21.2 Å². The Bertz CT molecular complexity index is 1550. The topological polar surface area (TPSA) is 86.8 Å². The number of amides is 2. The van der Waals surface area contributed by atoms with Gasteiger partial charge in [-0.25, -0.2) is 8.42 Å². The van der Waals surface area contributed by atoms with E-state index in [4.69, 9.17) is 11.6 Å². The number of benzene rings is 3. The second-order valence-corrected chi connectivity index (χ2v) is 13.5. The summed E-state index contributed by atoms with van der Waals surface area (Å²) in [4.78, 5) is 28.3. The fourth-order valence-electron chi connectivity index (χ4n) is 4.90. The number of hydrogen-bond acceptors (Lipinski definition) is 4. The molecule has 0 bridgehead atoms. The molecule has 3 aromatic rings. The molecule has 1 fully saturated rings. The average molecular weight is 701 g/mol. The summed E-state index contributed by atoms with van der Waals surface area (Å²) >= 11 is 9.17. The lowest BCUT2D eigenvalue weighted by Crippen LogP contribution is -2.52. The van der Waals surface area contributed by atoms with Crippen LogP contribution in [0.4, 0.5) is 18.9 Å². The van der Waals surface area contributed by atoms with Gasteiger partial charge in [-0.2, -0.15) is 13.2 Å². The lowest BCUT2D eigenvalue weighted by Gasteiger charge is -2.32. The third kappa shape index (κ3) is 8.10. The summed E-state index contributed by atoms with van der Waals surface area (Å²) in [5.74, 6) is -1.18. The van der Waals surface area contributed by atoms with Gasteiger partial charge in [0.15, 0.2) is 0 Å². The second-order valence-electron chi connectivity index (χ2n) is 10.3. The number of halogens is 5. The fraction of sp³-hybridized carbons (Fsp3) is 0.333. The van der Waals surface area contributed by atoms with Gasteiger partial charge in [0, 0.05) is 17.1 Å². The van der Waals surface area contributed by atoms with Crippen LogP contribution in [0.3, 0.4) is 0 Å². The van der Waals surface area contributed by atoms with E-state index in [2.05, 4.69) is 21.2 Å². The number of nitrogens with one attached hydrogen (secondary N) is 1. The number of carbonyl (C=O) groups excluding carboxylic acids is 2. The molecule has 1 aliphatic carbocycles. The van der Waals surface area contributed by atoms with Crippen molar-refractivity contribution in [3.05, 3.63) is 93.4 Å². The fourth-order valence-corrected chi connectivity index (χ4v) is 6.81. The molecule has 0 unspecified atom stereocenters. The van der Waals surface area contributed by atoms with E-state index in [0.29, 0.717) is 15.9 Å². The average Bonchev–Trinajstić information content (AvgIpc) is 3.48. The molecular formula is C30H30BrClF3N3O4S. The monoisotopic (exact) mass is 699 g/mol. The van der Waals surface area contributed by atoms with Crippen molar-refractivity contribution in [1.29, 1.82) is 0 Å². The van der Waals surface area contributed by atoms with E-state index in [1.165, 1.54) is 29.2 Å². The highest BCUT2D eigenvalue weighted by atomic mass is 79.9. The first-order valence-corrected chi connectivity index (χ1v) is 16.2. The molecule has 7 nitrogen and oxygen atoms in total. The molecule has 230 valence electrons. The molecule has 0 heterocycles. The third-order valence-corrected chi connectivity index (χ3v) is 9.93. The molecule has 1 N–H and O–H groups in total. The summed E-state index contributed by atoms with van der Waals surface area (Å²) in [7, 11) is -4.53. The van der Waals surface area contributed by atoms with Gasteiger partial charge in [-0.15, -0.1) is 0 Å². The number of anilines is 1. The second kappa shape index (κ2) is 13.7. The van der Waals surface area contributed by atoms with Crippen LogP contribution in [0.25, 0.3) is 0 Å². The highest BCUT2D eigenvalue weighted by Gasteiger charge is 2.37. The van der Waals surface area contributed by atoms with Crippen LogP contribution >= 0.6 is 27.5 Å². The van der Waals surface area contributed by atoms with Crippen molar-refractivity contribution in [2.45, 2.75) is 62.3 Å². The maximum absolute atomic E-state index is 14.0. The zero-order chi connectivity index (χ0) is 31.4. The molecule has 1 atom stereocenters. The first-order chi connectivity index (χ1) is 20.3. The van der Waals surface area contributed by atoms with Gasteiger partial charge in [0.1, 0.15) is 12.6 Å². The van der Waals surface area contributed by atoms with Crippen LogP contribution in [0, 0.1) is 0 Å². The van der Waals surface area contributed by atoms with Crippen molar-refractivity contribution >= 4 is 55.1 Å². The SMILES string of the molecule is C[C@@H](C(=O)NC1CCCC1)N(Cc1ccc(Br)cc1)C(=O)CN(c1ccc(Cl)c(C(F)(F)F)c1)S(=O)(=O)c1ccccc1. The van der Waals surface area contributed by atoms with Gasteiger partial charge < -0.3 is 10.2 Å². The smallest absolute Gasteiger partial charge is 0.352 e. The molecule has 1 saturated carbocycles. The Kier molecular flexibility index (Phi) is 10.4. The molecule has 0 spiro atoms. The predicted molar refractivity (Wildman–Crippen MR) is 162 cm³/mol. The summed E-state index contributed by atoms with van der Waals surface area (Å²) in [5, 5.41) is 2.35. The Morgan fingerprint density at radius 2 is 1.65 bits per heavy atom. The van der Waals surface area contributed by atoms with Gasteiger partial charge in [-0.3, -0.25) is 13.9 Å². The molecule has 0 saturated heterocycles. The summed E-state index contributed by atoms with van der Waals surface area (Å²) < 4.78 is 70.3. The van der Waals surface area contributed by atoms with Gasteiger partial charge in [0.2, 0.25) is 11.8 Å². The zero-order valence-electron chi connectivity index (χ0n) is 23.2. The van der Waals surface area contributed by atoms with E-state index < -0.39 is 56.9 Å². The Balaban J connectivity index is 1.74. The molecule has 1 aliphatic rings. The highest BCUT2D eigenvalue weighted by molar-refractivity contribution is 9.10. The first-order valence-electron chi connectivity index (χ1n) is 13.6. The molecule has 3 aromatic carbocycles. The molecule has 43 heavy (non-hydrogen) atoms.